The summed E-state index contributed by atoms with van der Waals surface area (Å²) in [6.07, 6.45) is 3.83. The van der Waals surface area contributed by atoms with Crippen LogP contribution in [0, 0.1) is 0 Å². The molecule has 3 nitrogen and oxygen atoms in total. The summed E-state index contributed by atoms with van der Waals surface area (Å²) in [4.78, 5) is 0. The molecule has 0 amide bonds. The highest BCUT2D eigenvalue weighted by atomic mass is 35.5. The Morgan fingerprint density at radius 1 is 1.22 bits per heavy atom. The number of hydrogen-bond acceptors (Lipinski definition) is 2. The first-order chi connectivity index (χ1) is 8.63. The Bertz CT molecular complexity index is 491. The van der Waals surface area contributed by atoms with E-state index >= 15 is 0 Å². The van der Waals surface area contributed by atoms with Crippen LogP contribution >= 0.6 is 11.6 Å². The average Bonchev–Trinajstić information content (AvgIpc) is 2.87. The Hall–Kier alpha value is -1.35. The SMILES string of the molecule is CC(C)(CCc1ccccc1)n1cnnc1CCl. The quantitative estimate of drug-likeness (QED) is 0.775. The topological polar surface area (TPSA) is 30.7 Å². The number of halogens is 1. The molecule has 0 atom stereocenters. The van der Waals surface area contributed by atoms with Gasteiger partial charge in [-0.05, 0) is 32.3 Å². The minimum atomic E-state index is -0.0242. The van der Waals surface area contributed by atoms with Crippen LogP contribution in [0.15, 0.2) is 36.7 Å². The molecule has 0 bridgehead atoms. The van der Waals surface area contributed by atoms with E-state index in [0.717, 1.165) is 18.7 Å². The van der Waals surface area contributed by atoms with Crippen molar-refractivity contribution in [3.63, 3.8) is 0 Å². The van der Waals surface area contributed by atoms with Crippen molar-refractivity contribution in [3.05, 3.63) is 48.0 Å². The van der Waals surface area contributed by atoms with Gasteiger partial charge in [0.1, 0.15) is 12.2 Å². The summed E-state index contributed by atoms with van der Waals surface area (Å²) in [6.45, 7) is 4.38. The van der Waals surface area contributed by atoms with E-state index in [1.807, 2.05) is 6.07 Å². The summed E-state index contributed by atoms with van der Waals surface area (Å²) in [7, 11) is 0. The highest BCUT2D eigenvalue weighted by molar-refractivity contribution is 6.16. The lowest BCUT2D eigenvalue weighted by molar-refractivity contribution is 0.319. The third-order valence-electron chi connectivity index (χ3n) is 3.26. The number of aromatic nitrogens is 3. The van der Waals surface area contributed by atoms with Gasteiger partial charge in [-0.25, -0.2) is 0 Å². The van der Waals surface area contributed by atoms with E-state index in [2.05, 4.69) is 52.9 Å². The van der Waals surface area contributed by atoms with E-state index in [4.69, 9.17) is 11.6 Å². The second kappa shape index (κ2) is 5.53. The van der Waals surface area contributed by atoms with Crippen molar-refractivity contribution in [3.8, 4) is 0 Å². The van der Waals surface area contributed by atoms with E-state index in [-0.39, 0.29) is 5.54 Å². The molecule has 0 radical (unpaired) electrons. The summed E-state index contributed by atoms with van der Waals surface area (Å²) >= 11 is 5.87. The Morgan fingerprint density at radius 3 is 2.61 bits per heavy atom. The number of alkyl halides is 1. The number of nitrogens with zero attached hydrogens (tertiary/aromatic N) is 3. The molecule has 0 aliphatic carbocycles. The zero-order chi connectivity index (χ0) is 13.0. The second-order valence-corrected chi connectivity index (χ2v) is 5.32. The number of hydrogen-bond donors (Lipinski definition) is 0. The molecule has 0 aliphatic heterocycles. The van der Waals surface area contributed by atoms with Crippen LogP contribution in [0.2, 0.25) is 0 Å². The fourth-order valence-electron chi connectivity index (χ4n) is 2.07. The number of rotatable bonds is 5. The third-order valence-corrected chi connectivity index (χ3v) is 3.50. The standard InChI is InChI=1S/C14H18ClN3/c1-14(2,18-11-16-17-13(18)10-15)9-8-12-6-4-3-5-7-12/h3-7,11H,8-10H2,1-2H3. The van der Waals surface area contributed by atoms with Crippen LogP contribution in [-0.2, 0) is 17.8 Å². The van der Waals surface area contributed by atoms with Crippen molar-refractivity contribution in [1.82, 2.24) is 14.8 Å². The smallest absolute Gasteiger partial charge is 0.148 e. The van der Waals surface area contributed by atoms with Gasteiger partial charge in [-0.15, -0.1) is 21.8 Å². The predicted molar refractivity (Wildman–Crippen MR) is 73.7 cm³/mol. The van der Waals surface area contributed by atoms with Crippen LogP contribution in [0.4, 0.5) is 0 Å². The maximum absolute atomic E-state index is 5.87. The zero-order valence-corrected chi connectivity index (χ0v) is 11.6. The van der Waals surface area contributed by atoms with E-state index in [1.165, 1.54) is 5.56 Å². The Labute approximate surface area is 113 Å². The van der Waals surface area contributed by atoms with Crippen LogP contribution in [0.1, 0.15) is 31.7 Å². The molecule has 0 fully saturated rings. The number of aryl methyl sites for hydroxylation is 1. The molecule has 1 aromatic heterocycles. The Balaban J connectivity index is 2.08. The normalized spacial score (nSPS) is 11.7. The van der Waals surface area contributed by atoms with Crippen LogP contribution < -0.4 is 0 Å². The molecule has 1 aromatic carbocycles. The molecule has 96 valence electrons. The average molecular weight is 264 g/mol. The van der Waals surface area contributed by atoms with Crippen molar-refractivity contribution in [2.75, 3.05) is 0 Å². The maximum Gasteiger partial charge on any atom is 0.148 e. The molecule has 2 rings (SSSR count). The summed E-state index contributed by atoms with van der Waals surface area (Å²) < 4.78 is 2.07. The fourth-order valence-corrected chi connectivity index (χ4v) is 2.25. The molecular weight excluding hydrogens is 246 g/mol. The first kappa shape index (κ1) is 13.1. The van der Waals surface area contributed by atoms with Gasteiger partial charge in [-0.3, -0.25) is 0 Å². The number of benzene rings is 1. The minimum Gasteiger partial charge on any atom is -0.311 e. The summed E-state index contributed by atoms with van der Waals surface area (Å²) in [5, 5.41) is 7.98. The van der Waals surface area contributed by atoms with Crippen LogP contribution in [0.25, 0.3) is 0 Å². The highest BCUT2D eigenvalue weighted by Crippen LogP contribution is 2.23. The summed E-state index contributed by atoms with van der Waals surface area (Å²) in [6, 6.07) is 10.5. The zero-order valence-electron chi connectivity index (χ0n) is 10.8. The van der Waals surface area contributed by atoms with Crippen LogP contribution in [0.3, 0.4) is 0 Å². The second-order valence-electron chi connectivity index (χ2n) is 5.05. The van der Waals surface area contributed by atoms with E-state index in [0.29, 0.717) is 5.88 Å². The minimum absolute atomic E-state index is 0.0242. The van der Waals surface area contributed by atoms with E-state index in [1.54, 1.807) is 6.33 Å². The van der Waals surface area contributed by atoms with Crippen molar-refractivity contribution in [2.24, 2.45) is 0 Å². The Morgan fingerprint density at radius 2 is 1.94 bits per heavy atom. The van der Waals surface area contributed by atoms with Gasteiger partial charge in [-0.1, -0.05) is 30.3 Å². The van der Waals surface area contributed by atoms with Gasteiger partial charge in [0, 0.05) is 5.54 Å². The van der Waals surface area contributed by atoms with Gasteiger partial charge in [0.15, 0.2) is 0 Å². The molecule has 0 saturated carbocycles. The largest absolute Gasteiger partial charge is 0.311 e. The fraction of sp³-hybridized carbons (Fsp3) is 0.429. The molecule has 0 unspecified atom stereocenters. The summed E-state index contributed by atoms with van der Waals surface area (Å²) in [5.41, 5.74) is 1.33. The van der Waals surface area contributed by atoms with Crippen molar-refractivity contribution in [2.45, 2.75) is 38.1 Å². The van der Waals surface area contributed by atoms with Crippen LogP contribution in [0.5, 0.6) is 0 Å². The van der Waals surface area contributed by atoms with Gasteiger partial charge in [0.25, 0.3) is 0 Å². The van der Waals surface area contributed by atoms with E-state index in [9.17, 15) is 0 Å². The third kappa shape index (κ3) is 2.91. The summed E-state index contributed by atoms with van der Waals surface area (Å²) in [5.74, 6) is 1.23. The molecule has 0 saturated heterocycles. The first-order valence-electron chi connectivity index (χ1n) is 6.13. The molecule has 0 spiro atoms. The molecule has 18 heavy (non-hydrogen) atoms. The van der Waals surface area contributed by atoms with Crippen molar-refractivity contribution in [1.29, 1.82) is 0 Å². The molecule has 4 heteroatoms. The molecule has 0 N–H and O–H groups in total. The van der Waals surface area contributed by atoms with Gasteiger partial charge in [0.05, 0.1) is 5.88 Å². The lowest BCUT2D eigenvalue weighted by Crippen LogP contribution is -2.28. The van der Waals surface area contributed by atoms with Gasteiger partial charge < -0.3 is 4.57 Å². The van der Waals surface area contributed by atoms with Gasteiger partial charge in [0.2, 0.25) is 0 Å². The molecular formula is C14H18ClN3. The maximum atomic E-state index is 5.87. The van der Waals surface area contributed by atoms with Crippen molar-refractivity contribution >= 4 is 11.6 Å². The monoisotopic (exact) mass is 263 g/mol. The molecule has 0 aliphatic rings. The molecule has 1 heterocycles. The van der Waals surface area contributed by atoms with Gasteiger partial charge in [-0.2, -0.15) is 0 Å². The lowest BCUT2D eigenvalue weighted by atomic mass is 9.95. The lowest BCUT2D eigenvalue weighted by Gasteiger charge is -2.27. The van der Waals surface area contributed by atoms with Crippen LogP contribution in [-0.4, -0.2) is 14.8 Å². The highest BCUT2D eigenvalue weighted by Gasteiger charge is 2.22. The van der Waals surface area contributed by atoms with Gasteiger partial charge >= 0.3 is 0 Å². The Kier molecular flexibility index (Phi) is 4.02. The molecule has 2 aromatic rings. The van der Waals surface area contributed by atoms with Crippen molar-refractivity contribution < 1.29 is 0 Å². The first-order valence-corrected chi connectivity index (χ1v) is 6.66. The predicted octanol–water partition coefficient (Wildman–Crippen LogP) is 3.38. The van der Waals surface area contributed by atoms with E-state index < -0.39 is 0 Å².